The van der Waals surface area contributed by atoms with Crippen LogP contribution in [0.2, 0.25) is 0 Å². The van der Waals surface area contributed by atoms with Crippen LogP contribution in [0, 0.1) is 18.7 Å². The number of hydrogen-bond acceptors (Lipinski definition) is 3. The quantitative estimate of drug-likeness (QED) is 0.891. The molecule has 1 heterocycles. The zero-order valence-corrected chi connectivity index (χ0v) is 15.3. The lowest BCUT2D eigenvalue weighted by Gasteiger charge is -2.31. The van der Waals surface area contributed by atoms with Gasteiger partial charge in [-0.2, -0.15) is 4.31 Å². The second-order valence-corrected chi connectivity index (χ2v) is 8.40. The number of nitrogens with one attached hydrogen (secondary N) is 1. The number of piperidine rings is 1. The minimum atomic E-state index is -3.62. The standard InChI is InChI=1S/C19H21FN2O3S/c1-14-9-10-16(20)12-18(14)21-19(23)15-6-5-11-22(13-15)26(24,25)17-7-3-2-4-8-17/h2-4,7-10,12,15H,5-6,11,13H2,1H3,(H,21,23). The molecular weight excluding hydrogens is 355 g/mol. The van der Waals surface area contributed by atoms with E-state index in [1.54, 1.807) is 43.3 Å². The highest BCUT2D eigenvalue weighted by Gasteiger charge is 2.33. The van der Waals surface area contributed by atoms with E-state index in [-0.39, 0.29) is 17.3 Å². The first-order valence-electron chi connectivity index (χ1n) is 8.50. The zero-order valence-electron chi connectivity index (χ0n) is 14.5. The average Bonchev–Trinajstić information content (AvgIpc) is 2.65. The van der Waals surface area contributed by atoms with E-state index in [1.807, 2.05) is 0 Å². The van der Waals surface area contributed by atoms with Crippen molar-refractivity contribution in [2.24, 2.45) is 5.92 Å². The number of nitrogens with zero attached hydrogens (tertiary/aromatic N) is 1. The summed E-state index contributed by atoms with van der Waals surface area (Å²) in [6, 6.07) is 12.4. The van der Waals surface area contributed by atoms with Crippen molar-refractivity contribution in [3.63, 3.8) is 0 Å². The van der Waals surface area contributed by atoms with Crippen molar-refractivity contribution in [3.05, 3.63) is 59.9 Å². The van der Waals surface area contributed by atoms with Gasteiger partial charge in [-0.3, -0.25) is 4.79 Å². The molecule has 1 N–H and O–H groups in total. The second-order valence-electron chi connectivity index (χ2n) is 6.46. The van der Waals surface area contributed by atoms with Crippen molar-refractivity contribution in [3.8, 4) is 0 Å². The van der Waals surface area contributed by atoms with Gasteiger partial charge in [-0.05, 0) is 49.6 Å². The summed E-state index contributed by atoms with van der Waals surface area (Å²) in [4.78, 5) is 12.8. The number of halogens is 1. The van der Waals surface area contributed by atoms with E-state index >= 15 is 0 Å². The van der Waals surface area contributed by atoms with Crippen molar-refractivity contribution < 1.29 is 17.6 Å². The third kappa shape index (κ3) is 3.94. The summed E-state index contributed by atoms with van der Waals surface area (Å²) >= 11 is 0. The van der Waals surface area contributed by atoms with Crippen LogP contribution in [-0.2, 0) is 14.8 Å². The first kappa shape index (κ1) is 18.5. The minimum absolute atomic E-state index is 0.122. The van der Waals surface area contributed by atoms with Gasteiger partial charge in [0.15, 0.2) is 0 Å². The molecule has 2 aromatic rings. The first-order chi connectivity index (χ1) is 12.4. The molecule has 1 saturated heterocycles. The van der Waals surface area contributed by atoms with Crippen LogP contribution < -0.4 is 5.32 Å². The molecule has 26 heavy (non-hydrogen) atoms. The van der Waals surface area contributed by atoms with Gasteiger partial charge in [-0.15, -0.1) is 0 Å². The van der Waals surface area contributed by atoms with Gasteiger partial charge in [0.1, 0.15) is 5.82 Å². The summed E-state index contributed by atoms with van der Waals surface area (Å²) in [5.74, 6) is -1.18. The second kappa shape index (κ2) is 7.55. The Morgan fingerprint density at radius 2 is 1.92 bits per heavy atom. The molecule has 0 aliphatic carbocycles. The van der Waals surface area contributed by atoms with Crippen LogP contribution in [-0.4, -0.2) is 31.7 Å². The molecule has 1 fully saturated rings. The number of benzene rings is 2. The zero-order chi connectivity index (χ0) is 18.7. The summed E-state index contributed by atoms with van der Waals surface area (Å²) in [5, 5.41) is 2.73. The molecule has 138 valence electrons. The van der Waals surface area contributed by atoms with Crippen LogP contribution >= 0.6 is 0 Å². The van der Waals surface area contributed by atoms with E-state index in [1.165, 1.54) is 16.4 Å². The number of carbonyl (C=O) groups excluding carboxylic acids is 1. The van der Waals surface area contributed by atoms with Gasteiger partial charge >= 0.3 is 0 Å². The molecule has 1 aliphatic heterocycles. The molecule has 0 aromatic heterocycles. The van der Waals surface area contributed by atoms with Crippen LogP contribution in [0.5, 0.6) is 0 Å². The molecule has 0 radical (unpaired) electrons. The molecule has 1 aliphatic rings. The Kier molecular flexibility index (Phi) is 5.38. The van der Waals surface area contributed by atoms with E-state index in [0.29, 0.717) is 25.1 Å². The number of aryl methyl sites for hydroxylation is 1. The Morgan fingerprint density at radius 3 is 2.65 bits per heavy atom. The largest absolute Gasteiger partial charge is 0.325 e. The summed E-state index contributed by atoms with van der Waals surface area (Å²) in [7, 11) is -3.62. The summed E-state index contributed by atoms with van der Waals surface area (Å²) in [6.07, 6.45) is 1.20. The highest BCUT2D eigenvalue weighted by Crippen LogP contribution is 2.25. The van der Waals surface area contributed by atoms with Gasteiger partial charge in [0.25, 0.3) is 0 Å². The predicted octanol–water partition coefficient (Wildman–Crippen LogP) is 3.17. The lowest BCUT2D eigenvalue weighted by molar-refractivity contribution is -0.120. The maximum atomic E-state index is 13.4. The number of anilines is 1. The monoisotopic (exact) mass is 376 g/mol. The van der Waals surface area contributed by atoms with E-state index in [2.05, 4.69) is 5.32 Å². The van der Waals surface area contributed by atoms with Gasteiger partial charge in [-0.1, -0.05) is 24.3 Å². The number of amides is 1. The fraction of sp³-hybridized carbons (Fsp3) is 0.316. The molecule has 1 atom stereocenters. The van der Waals surface area contributed by atoms with Crippen molar-refractivity contribution >= 4 is 21.6 Å². The third-order valence-electron chi connectivity index (χ3n) is 4.59. The number of hydrogen-bond donors (Lipinski definition) is 1. The lowest BCUT2D eigenvalue weighted by Crippen LogP contribution is -2.43. The highest BCUT2D eigenvalue weighted by atomic mass is 32.2. The number of rotatable bonds is 4. The van der Waals surface area contributed by atoms with Gasteiger partial charge in [0.2, 0.25) is 15.9 Å². The maximum absolute atomic E-state index is 13.4. The Morgan fingerprint density at radius 1 is 1.19 bits per heavy atom. The first-order valence-corrected chi connectivity index (χ1v) is 9.94. The van der Waals surface area contributed by atoms with E-state index < -0.39 is 21.8 Å². The summed E-state index contributed by atoms with van der Waals surface area (Å²) < 4.78 is 40.3. The average molecular weight is 376 g/mol. The highest BCUT2D eigenvalue weighted by molar-refractivity contribution is 7.89. The van der Waals surface area contributed by atoms with Crippen LogP contribution in [0.15, 0.2) is 53.4 Å². The van der Waals surface area contributed by atoms with Crippen LogP contribution in [0.3, 0.4) is 0 Å². The topological polar surface area (TPSA) is 66.5 Å². The van der Waals surface area contributed by atoms with Crippen LogP contribution in [0.25, 0.3) is 0 Å². The predicted molar refractivity (Wildman–Crippen MR) is 97.7 cm³/mol. The number of carbonyl (C=O) groups is 1. The van der Waals surface area contributed by atoms with E-state index in [4.69, 9.17) is 0 Å². The molecule has 3 rings (SSSR count). The van der Waals surface area contributed by atoms with Gasteiger partial charge in [0.05, 0.1) is 10.8 Å². The van der Waals surface area contributed by atoms with Crippen LogP contribution in [0.4, 0.5) is 10.1 Å². The molecular formula is C19H21FN2O3S. The van der Waals surface area contributed by atoms with Crippen molar-refractivity contribution in [1.29, 1.82) is 0 Å². The Balaban J connectivity index is 1.74. The SMILES string of the molecule is Cc1ccc(F)cc1NC(=O)C1CCCN(S(=O)(=O)c2ccccc2)C1. The molecule has 5 nitrogen and oxygen atoms in total. The van der Waals surface area contributed by atoms with Crippen molar-refractivity contribution in [1.82, 2.24) is 4.31 Å². The minimum Gasteiger partial charge on any atom is -0.325 e. The molecule has 0 saturated carbocycles. The van der Waals surface area contributed by atoms with Gasteiger partial charge in [0, 0.05) is 18.8 Å². The Hall–Kier alpha value is -2.25. The van der Waals surface area contributed by atoms with Gasteiger partial charge in [-0.25, -0.2) is 12.8 Å². The fourth-order valence-electron chi connectivity index (χ4n) is 3.08. The molecule has 1 amide bonds. The van der Waals surface area contributed by atoms with Crippen molar-refractivity contribution in [2.75, 3.05) is 18.4 Å². The molecule has 2 aromatic carbocycles. The van der Waals surface area contributed by atoms with E-state index in [0.717, 1.165) is 5.56 Å². The van der Waals surface area contributed by atoms with Gasteiger partial charge < -0.3 is 5.32 Å². The van der Waals surface area contributed by atoms with Crippen LogP contribution in [0.1, 0.15) is 18.4 Å². The molecule has 7 heteroatoms. The molecule has 1 unspecified atom stereocenters. The normalized spacial score (nSPS) is 18.5. The fourth-order valence-corrected chi connectivity index (χ4v) is 4.62. The smallest absolute Gasteiger partial charge is 0.243 e. The maximum Gasteiger partial charge on any atom is 0.243 e. The summed E-state index contributed by atoms with van der Waals surface area (Å²) in [6.45, 7) is 2.29. The third-order valence-corrected chi connectivity index (χ3v) is 6.47. The Labute approximate surface area is 152 Å². The van der Waals surface area contributed by atoms with Crippen molar-refractivity contribution in [2.45, 2.75) is 24.7 Å². The molecule has 0 spiro atoms. The summed E-state index contributed by atoms with van der Waals surface area (Å²) in [5.41, 5.74) is 1.17. The van der Waals surface area contributed by atoms with E-state index in [9.17, 15) is 17.6 Å². The molecule has 0 bridgehead atoms. The lowest BCUT2D eigenvalue weighted by atomic mass is 9.98. The number of sulfonamides is 1. The Bertz CT molecular complexity index is 900.